The van der Waals surface area contributed by atoms with Crippen molar-refractivity contribution in [2.75, 3.05) is 0 Å². The summed E-state index contributed by atoms with van der Waals surface area (Å²) in [6.45, 7) is 7.91. The summed E-state index contributed by atoms with van der Waals surface area (Å²) in [6.07, 6.45) is 3.33. The number of ether oxygens (including phenoxy) is 1. The minimum atomic E-state index is -0.439. The number of carbonyl (C=O) groups excluding carboxylic acids is 1. The fourth-order valence-electron chi connectivity index (χ4n) is 3.29. The van der Waals surface area contributed by atoms with Gasteiger partial charge in [-0.05, 0) is 52.0 Å². The minimum Gasteiger partial charge on any atom is -0.466 e. The smallest absolute Gasteiger partial charge is 0.339 e. The summed E-state index contributed by atoms with van der Waals surface area (Å²) in [5.41, 5.74) is 3.25. The highest BCUT2D eigenvalue weighted by atomic mass is 16.5. The Morgan fingerprint density at radius 1 is 1.24 bits per heavy atom. The monoisotopic (exact) mass is 390 g/mol. The van der Waals surface area contributed by atoms with Gasteiger partial charge in [0, 0.05) is 17.8 Å². The van der Waals surface area contributed by atoms with Gasteiger partial charge in [-0.25, -0.2) is 14.5 Å². The molecule has 4 heterocycles. The van der Waals surface area contributed by atoms with Crippen molar-refractivity contribution >= 4 is 17.0 Å². The quantitative estimate of drug-likeness (QED) is 0.462. The van der Waals surface area contributed by atoms with Crippen LogP contribution in [0.5, 0.6) is 0 Å². The largest absolute Gasteiger partial charge is 0.466 e. The normalized spacial score (nSPS) is 11.3. The van der Waals surface area contributed by atoms with Crippen molar-refractivity contribution < 1.29 is 13.9 Å². The van der Waals surface area contributed by atoms with Crippen LogP contribution in [0, 0.1) is 13.8 Å². The number of aromatic nitrogens is 4. The molecule has 0 aliphatic heterocycles. The van der Waals surface area contributed by atoms with E-state index in [0.29, 0.717) is 28.0 Å². The Labute approximate surface area is 168 Å². The zero-order valence-corrected chi connectivity index (χ0v) is 16.8. The van der Waals surface area contributed by atoms with Crippen molar-refractivity contribution in [2.45, 2.75) is 40.3 Å². The highest BCUT2D eigenvalue weighted by molar-refractivity contribution is 6.03. The number of rotatable bonds is 5. The fourth-order valence-corrected chi connectivity index (χ4v) is 3.29. The first kappa shape index (κ1) is 18.9. The molecule has 148 valence electrons. The van der Waals surface area contributed by atoms with Crippen LogP contribution in [0.2, 0.25) is 0 Å². The zero-order chi connectivity index (χ0) is 20.5. The molecule has 0 spiro atoms. The summed E-state index contributed by atoms with van der Waals surface area (Å²) < 4.78 is 13.0. The fraction of sp³-hybridized carbons (Fsp3) is 0.273. The molecule has 29 heavy (non-hydrogen) atoms. The van der Waals surface area contributed by atoms with Crippen molar-refractivity contribution in [2.24, 2.45) is 0 Å². The van der Waals surface area contributed by atoms with E-state index >= 15 is 0 Å². The number of hydrogen-bond donors (Lipinski definition) is 0. The van der Waals surface area contributed by atoms with Gasteiger partial charge in [-0.2, -0.15) is 5.10 Å². The average Bonchev–Trinajstić information content (AvgIpc) is 3.28. The number of pyridine rings is 2. The molecule has 0 aliphatic rings. The molecule has 0 atom stereocenters. The Bertz CT molecular complexity index is 1180. The van der Waals surface area contributed by atoms with Crippen LogP contribution in [0.1, 0.15) is 47.5 Å². The molecule has 0 unspecified atom stereocenters. The second-order valence-corrected chi connectivity index (χ2v) is 7.20. The number of furan rings is 1. The summed E-state index contributed by atoms with van der Waals surface area (Å²) in [5, 5.41) is 5.09. The number of hydrogen-bond acceptors (Lipinski definition) is 6. The molecule has 7 nitrogen and oxygen atoms in total. The molecule has 0 bridgehead atoms. The maximum Gasteiger partial charge on any atom is 0.339 e. The summed E-state index contributed by atoms with van der Waals surface area (Å²) in [6, 6.07) is 9.25. The van der Waals surface area contributed by atoms with Gasteiger partial charge in [0.2, 0.25) is 0 Å². The lowest BCUT2D eigenvalue weighted by Crippen LogP contribution is -2.09. The van der Waals surface area contributed by atoms with Crippen LogP contribution >= 0.6 is 0 Å². The predicted molar refractivity (Wildman–Crippen MR) is 108 cm³/mol. The Balaban J connectivity index is 1.79. The lowest BCUT2D eigenvalue weighted by atomic mass is 10.1. The standard InChI is InChI=1S/C22H22N4O3/c1-13(2)26-21-19(11-24-26)18(22(27)28-12-16-7-5-6-8-23-16)10-20(25-21)17-9-14(3)29-15(17)4/h5-11,13H,12H2,1-4H3. The number of esters is 1. The van der Waals surface area contributed by atoms with Crippen LogP contribution < -0.4 is 0 Å². The number of nitrogens with zero attached hydrogens (tertiary/aromatic N) is 4. The van der Waals surface area contributed by atoms with E-state index in [1.54, 1.807) is 23.1 Å². The van der Waals surface area contributed by atoms with Gasteiger partial charge in [-0.15, -0.1) is 0 Å². The number of fused-ring (bicyclic) bond motifs is 1. The van der Waals surface area contributed by atoms with Gasteiger partial charge in [-0.3, -0.25) is 4.98 Å². The Morgan fingerprint density at radius 2 is 2.07 bits per heavy atom. The van der Waals surface area contributed by atoms with E-state index in [4.69, 9.17) is 14.1 Å². The van der Waals surface area contributed by atoms with Crippen LogP contribution in [0.25, 0.3) is 22.3 Å². The molecule has 7 heteroatoms. The molecule has 0 N–H and O–H groups in total. The van der Waals surface area contributed by atoms with Gasteiger partial charge in [0.05, 0.1) is 28.5 Å². The van der Waals surface area contributed by atoms with E-state index in [2.05, 4.69) is 10.1 Å². The molecule has 0 aliphatic carbocycles. The molecule has 0 saturated carbocycles. The maximum atomic E-state index is 12.9. The molecule has 0 aromatic carbocycles. The highest BCUT2D eigenvalue weighted by Crippen LogP contribution is 2.30. The van der Waals surface area contributed by atoms with Crippen LogP contribution in [0.3, 0.4) is 0 Å². The molecule has 0 fully saturated rings. The van der Waals surface area contributed by atoms with Gasteiger partial charge >= 0.3 is 5.97 Å². The minimum absolute atomic E-state index is 0.0971. The molecule has 4 rings (SSSR count). The molecular formula is C22H22N4O3. The second-order valence-electron chi connectivity index (χ2n) is 7.20. The van der Waals surface area contributed by atoms with E-state index in [1.165, 1.54) is 0 Å². The molecule has 0 radical (unpaired) electrons. The van der Waals surface area contributed by atoms with E-state index in [9.17, 15) is 4.79 Å². The first-order valence-corrected chi connectivity index (χ1v) is 9.46. The zero-order valence-electron chi connectivity index (χ0n) is 16.8. The Kier molecular flexibility index (Phi) is 4.88. The van der Waals surface area contributed by atoms with Crippen LogP contribution in [0.15, 0.2) is 47.1 Å². The van der Waals surface area contributed by atoms with Crippen molar-refractivity contribution in [3.63, 3.8) is 0 Å². The molecule has 0 saturated heterocycles. The molecule has 4 aromatic heterocycles. The van der Waals surface area contributed by atoms with E-state index in [0.717, 1.165) is 17.1 Å². The number of aryl methyl sites for hydroxylation is 2. The van der Waals surface area contributed by atoms with Gasteiger partial charge in [0.15, 0.2) is 5.65 Å². The molecular weight excluding hydrogens is 368 g/mol. The van der Waals surface area contributed by atoms with Crippen LogP contribution in [0.4, 0.5) is 0 Å². The van der Waals surface area contributed by atoms with Crippen molar-refractivity contribution in [3.05, 3.63) is 65.5 Å². The third-order valence-electron chi connectivity index (χ3n) is 4.67. The third-order valence-corrected chi connectivity index (χ3v) is 4.67. The van der Waals surface area contributed by atoms with Crippen LogP contribution in [-0.4, -0.2) is 25.7 Å². The van der Waals surface area contributed by atoms with Crippen molar-refractivity contribution in [3.8, 4) is 11.3 Å². The first-order chi connectivity index (χ1) is 13.9. The van der Waals surface area contributed by atoms with E-state index in [-0.39, 0.29) is 12.6 Å². The van der Waals surface area contributed by atoms with Crippen LogP contribution in [-0.2, 0) is 11.3 Å². The average molecular weight is 390 g/mol. The second kappa shape index (κ2) is 7.50. The van der Waals surface area contributed by atoms with E-state index in [1.807, 2.05) is 52.0 Å². The summed E-state index contributed by atoms with van der Waals surface area (Å²) in [7, 11) is 0. The van der Waals surface area contributed by atoms with E-state index < -0.39 is 5.97 Å². The topological polar surface area (TPSA) is 83.0 Å². The first-order valence-electron chi connectivity index (χ1n) is 9.46. The summed E-state index contributed by atoms with van der Waals surface area (Å²) >= 11 is 0. The Hall–Kier alpha value is -3.48. The lowest BCUT2D eigenvalue weighted by Gasteiger charge is -2.10. The summed E-state index contributed by atoms with van der Waals surface area (Å²) in [5.74, 6) is 1.10. The van der Waals surface area contributed by atoms with Gasteiger partial charge in [0.1, 0.15) is 18.1 Å². The molecule has 4 aromatic rings. The van der Waals surface area contributed by atoms with Crippen molar-refractivity contribution in [1.82, 2.24) is 19.7 Å². The maximum absolute atomic E-state index is 12.9. The lowest BCUT2D eigenvalue weighted by molar-refractivity contribution is 0.0470. The van der Waals surface area contributed by atoms with Gasteiger partial charge < -0.3 is 9.15 Å². The molecule has 0 amide bonds. The van der Waals surface area contributed by atoms with Gasteiger partial charge in [0.25, 0.3) is 0 Å². The number of carbonyl (C=O) groups is 1. The summed E-state index contributed by atoms with van der Waals surface area (Å²) in [4.78, 5) is 21.9. The van der Waals surface area contributed by atoms with Crippen molar-refractivity contribution in [1.29, 1.82) is 0 Å². The predicted octanol–water partition coefficient (Wildman–Crippen LogP) is 4.64. The Morgan fingerprint density at radius 3 is 2.72 bits per heavy atom. The highest BCUT2D eigenvalue weighted by Gasteiger charge is 2.21. The SMILES string of the molecule is Cc1cc(-c2cc(C(=O)OCc3ccccn3)c3cnn(C(C)C)c3n2)c(C)o1. The van der Waals surface area contributed by atoms with Gasteiger partial charge in [-0.1, -0.05) is 6.07 Å². The third kappa shape index (κ3) is 3.63.